The molecule has 1 aromatic rings. The van der Waals surface area contributed by atoms with Gasteiger partial charge in [-0.15, -0.1) is 0 Å². The summed E-state index contributed by atoms with van der Waals surface area (Å²) in [6.07, 6.45) is -4.94. The summed E-state index contributed by atoms with van der Waals surface area (Å²) in [6, 6.07) is 5.33. The van der Waals surface area contributed by atoms with Crippen LogP contribution < -0.4 is 10.2 Å². The van der Waals surface area contributed by atoms with Crippen molar-refractivity contribution in [3.63, 3.8) is 0 Å². The lowest BCUT2D eigenvalue weighted by Crippen LogP contribution is -2.46. The summed E-state index contributed by atoms with van der Waals surface area (Å²) in [5.74, 6) is -0.418. The van der Waals surface area contributed by atoms with Crippen LogP contribution in [0.3, 0.4) is 0 Å². The molecule has 0 amide bonds. The van der Waals surface area contributed by atoms with Gasteiger partial charge in [0.05, 0.1) is 24.8 Å². The van der Waals surface area contributed by atoms with Gasteiger partial charge in [-0.2, -0.15) is 13.2 Å². The molecule has 25 heavy (non-hydrogen) atoms. The number of nitrogens with one attached hydrogen (secondary N) is 1. The van der Waals surface area contributed by atoms with Gasteiger partial charge >= 0.3 is 12.1 Å². The van der Waals surface area contributed by atoms with Gasteiger partial charge in [-0.1, -0.05) is 6.07 Å². The van der Waals surface area contributed by atoms with E-state index in [1.807, 2.05) is 36.0 Å². The number of halogens is 3. The van der Waals surface area contributed by atoms with E-state index in [1.54, 1.807) is 6.07 Å². The van der Waals surface area contributed by atoms with Crippen LogP contribution in [0.5, 0.6) is 0 Å². The monoisotopic (exact) mass is 359 g/mol. The molecule has 0 spiro atoms. The van der Waals surface area contributed by atoms with E-state index in [-0.39, 0.29) is 12.6 Å². The lowest BCUT2D eigenvalue weighted by atomic mass is 10.0. The molecule has 5 nitrogen and oxygen atoms in total. The van der Waals surface area contributed by atoms with Gasteiger partial charge in [-0.05, 0) is 17.7 Å². The van der Waals surface area contributed by atoms with E-state index in [0.29, 0.717) is 25.2 Å². The van der Waals surface area contributed by atoms with Crippen LogP contribution in [0.4, 0.5) is 18.9 Å². The molecule has 0 saturated carbocycles. The number of benzene rings is 1. The summed E-state index contributed by atoms with van der Waals surface area (Å²) in [4.78, 5) is 15.5. The van der Waals surface area contributed by atoms with Crippen molar-refractivity contribution in [3.05, 3.63) is 29.3 Å². The minimum Gasteiger partial charge on any atom is -0.465 e. The quantitative estimate of drug-likeness (QED) is 0.818. The Morgan fingerprint density at radius 2 is 2.12 bits per heavy atom. The van der Waals surface area contributed by atoms with Crippen LogP contribution >= 0.6 is 0 Å². The maximum atomic E-state index is 12.4. The molecule has 2 rings (SSSR count). The molecular formula is C17H24F3N3O2. The number of nitrogens with zero attached hydrogens (tertiary/aromatic N) is 2. The maximum Gasteiger partial charge on any atom is 0.390 e. The highest BCUT2D eigenvalue weighted by molar-refractivity contribution is 5.95. The van der Waals surface area contributed by atoms with E-state index in [4.69, 9.17) is 4.74 Å². The third kappa shape index (κ3) is 5.34. The predicted molar refractivity (Wildman–Crippen MR) is 90.0 cm³/mol. The average Bonchev–Trinajstić information content (AvgIpc) is 2.58. The Labute approximate surface area is 145 Å². The highest BCUT2D eigenvalue weighted by atomic mass is 19.4. The zero-order chi connectivity index (χ0) is 18.6. The number of carbonyl (C=O) groups is 1. The fourth-order valence-electron chi connectivity index (χ4n) is 2.94. The number of ether oxygens (including phenoxy) is 1. The van der Waals surface area contributed by atoms with Crippen molar-refractivity contribution in [2.45, 2.75) is 18.6 Å². The van der Waals surface area contributed by atoms with E-state index < -0.39 is 18.6 Å². The van der Waals surface area contributed by atoms with Gasteiger partial charge in [0.25, 0.3) is 0 Å². The van der Waals surface area contributed by atoms with Gasteiger partial charge in [-0.25, -0.2) is 4.79 Å². The number of anilines is 1. The first-order chi connectivity index (χ1) is 11.7. The zero-order valence-corrected chi connectivity index (χ0v) is 14.7. The minimum atomic E-state index is -4.14. The lowest BCUT2D eigenvalue weighted by molar-refractivity contribution is -0.138. The van der Waals surface area contributed by atoms with E-state index in [2.05, 4.69) is 5.32 Å². The van der Waals surface area contributed by atoms with Crippen molar-refractivity contribution in [3.8, 4) is 0 Å². The number of piperazine rings is 1. The molecule has 0 bridgehead atoms. The van der Waals surface area contributed by atoms with E-state index in [1.165, 1.54) is 7.11 Å². The first-order valence-electron chi connectivity index (χ1n) is 8.13. The van der Waals surface area contributed by atoms with Crippen LogP contribution in [0, 0.1) is 0 Å². The summed E-state index contributed by atoms with van der Waals surface area (Å²) in [6.45, 7) is 1.72. The predicted octanol–water partition coefficient (Wildman–Crippen LogP) is 2.44. The molecule has 1 aromatic carbocycles. The highest BCUT2D eigenvalue weighted by Gasteiger charge is 2.30. The first-order valence-corrected chi connectivity index (χ1v) is 8.13. The van der Waals surface area contributed by atoms with Crippen molar-refractivity contribution in [2.24, 2.45) is 0 Å². The normalized spacial score (nSPS) is 18.9. The number of methoxy groups -OCH3 is 1. The van der Waals surface area contributed by atoms with Crippen LogP contribution in [0.25, 0.3) is 0 Å². The Hall–Kier alpha value is -1.80. The summed E-state index contributed by atoms with van der Waals surface area (Å²) in [7, 11) is 4.99. The SMILES string of the molecule is COC(=O)c1ccc(C2CN(CCC(F)(F)F)CCN2)cc1N(C)C. The van der Waals surface area contributed by atoms with Crippen LogP contribution in [0.2, 0.25) is 0 Å². The molecule has 1 fully saturated rings. The molecule has 1 atom stereocenters. The van der Waals surface area contributed by atoms with Crippen molar-refractivity contribution in [2.75, 3.05) is 52.3 Å². The van der Waals surface area contributed by atoms with Crippen molar-refractivity contribution < 1.29 is 22.7 Å². The second kappa shape index (κ2) is 8.05. The molecule has 0 aromatic heterocycles. The molecule has 1 aliphatic heterocycles. The number of carbonyl (C=O) groups excluding carboxylic acids is 1. The lowest BCUT2D eigenvalue weighted by Gasteiger charge is -2.34. The number of hydrogen-bond donors (Lipinski definition) is 1. The van der Waals surface area contributed by atoms with E-state index in [9.17, 15) is 18.0 Å². The fourth-order valence-corrected chi connectivity index (χ4v) is 2.94. The maximum absolute atomic E-state index is 12.4. The average molecular weight is 359 g/mol. The van der Waals surface area contributed by atoms with E-state index in [0.717, 1.165) is 11.3 Å². The Bertz CT molecular complexity index is 605. The molecule has 8 heteroatoms. The van der Waals surface area contributed by atoms with Crippen molar-refractivity contribution in [1.82, 2.24) is 10.2 Å². The topological polar surface area (TPSA) is 44.8 Å². The summed E-state index contributed by atoms with van der Waals surface area (Å²) in [5, 5.41) is 3.33. The summed E-state index contributed by atoms with van der Waals surface area (Å²) < 4.78 is 42.1. The van der Waals surface area contributed by atoms with Crippen molar-refractivity contribution >= 4 is 11.7 Å². The van der Waals surface area contributed by atoms with Crippen LogP contribution in [0.15, 0.2) is 18.2 Å². The second-order valence-corrected chi connectivity index (χ2v) is 6.34. The minimum absolute atomic E-state index is 0.00244. The molecule has 1 aliphatic rings. The number of hydrogen-bond acceptors (Lipinski definition) is 5. The molecule has 1 N–H and O–H groups in total. The third-order valence-electron chi connectivity index (χ3n) is 4.28. The molecule has 140 valence electrons. The molecule has 1 saturated heterocycles. The largest absolute Gasteiger partial charge is 0.465 e. The summed E-state index contributed by atoms with van der Waals surface area (Å²) in [5.41, 5.74) is 2.12. The highest BCUT2D eigenvalue weighted by Crippen LogP contribution is 2.27. The van der Waals surface area contributed by atoms with Gasteiger partial charge in [0.15, 0.2) is 0 Å². The van der Waals surface area contributed by atoms with E-state index >= 15 is 0 Å². The Morgan fingerprint density at radius 3 is 2.72 bits per heavy atom. The molecule has 0 radical (unpaired) electrons. The standard InChI is InChI=1S/C17H24F3N3O2/c1-22(2)15-10-12(4-5-13(15)16(24)25-3)14-11-23(9-7-21-14)8-6-17(18,19)20/h4-5,10,14,21H,6-9,11H2,1-3H3. The fraction of sp³-hybridized carbons (Fsp3) is 0.588. The molecular weight excluding hydrogens is 335 g/mol. The van der Waals surface area contributed by atoms with Gasteiger partial charge in [0.2, 0.25) is 0 Å². The molecule has 1 heterocycles. The molecule has 1 unspecified atom stereocenters. The van der Waals surface area contributed by atoms with Gasteiger partial charge in [0, 0.05) is 46.3 Å². The Balaban J connectivity index is 2.14. The van der Waals surface area contributed by atoms with Gasteiger partial charge < -0.3 is 15.0 Å². The van der Waals surface area contributed by atoms with Gasteiger partial charge in [0.1, 0.15) is 0 Å². The second-order valence-electron chi connectivity index (χ2n) is 6.34. The van der Waals surface area contributed by atoms with Crippen LogP contribution in [-0.4, -0.2) is 64.4 Å². The Morgan fingerprint density at radius 1 is 1.40 bits per heavy atom. The zero-order valence-electron chi connectivity index (χ0n) is 14.7. The first kappa shape index (κ1) is 19.5. The number of alkyl halides is 3. The smallest absolute Gasteiger partial charge is 0.390 e. The van der Waals surface area contributed by atoms with Gasteiger partial charge in [-0.3, -0.25) is 4.90 Å². The number of esters is 1. The molecule has 0 aliphatic carbocycles. The van der Waals surface area contributed by atoms with Crippen molar-refractivity contribution in [1.29, 1.82) is 0 Å². The van der Waals surface area contributed by atoms with Crippen LogP contribution in [-0.2, 0) is 4.74 Å². The Kier molecular flexibility index (Phi) is 6.29. The third-order valence-corrected chi connectivity index (χ3v) is 4.28. The number of rotatable bonds is 5. The summed E-state index contributed by atoms with van der Waals surface area (Å²) >= 11 is 0. The van der Waals surface area contributed by atoms with Crippen LogP contribution in [0.1, 0.15) is 28.4 Å².